The molecular formula is C47H60N10O5. The van der Waals surface area contributed by atoms with E-state index < -0.39 is 11.9 Å². The highest BCUT2D eigenvalue weighted by atomic mass is 16.2. The van der Waals surface area contributed by atoms with Crippen LogP contribution in [0.1, 0.15) is 107 Å². The number of fused-ring (bicyclic) bond motifs is 1. The largest absolute Gasteiger partial charge is 0.371 e. The number of imide groups is 1. The van der Waals surface area contributed by atoms with Crippen LogP contribution in [0.3, 0.4) is 0 Å². The number of nitrogens with two attached hydrogens (primary N) is 1. The van der Waals surface area contributed by atoms with Gasteiger partial charge in [-0.2, -0.15) is 0 Å². The maximum absolute atomic E-state index is 13.2. The third kappa shape index (κ3) is 8.60. The fourth-order valence-corrected chi connectivity index (χ4v) is 10.9. The van der Waals surface area contributed by atoms with Gasteiger partial charge in [0.15, 0.2) is 0 Å². The Morgan fingerprint density at radius 3 is 2.37 bits per heavy atom. The maximum atomic E-state index is 13.2. The molecule has 7 heterocycles. The lowest BCUT2D eigenvalue weighted by Gasteiger charge is -2.47. The van der Waals surface area contributed by atoms with E-state index in [0.29, 0.717) is 48.4 Å². The molecule has 2 atom stereocenters. The van der Waals surface area contributed by atoms with Crippen LogP contribution in [0, 0.1) is 5.41 Å². The number of amides is 6. The molecule has 1 spiro atoms. The third-order valence-electron chi connectivity index (χ3n) is 14.7. The second-order valence-corrected chi connectivity index (χ2v) is 18.5. The topological polar surface area (TPSA) is 169 Å². The molecule has 5 fully saturated rings. The number of hydrogen-bond acceptors (Lipinski definition) is 10. The molecule has 3 N–H and O–H groups in total. The van der Waals surface area contributed by atoms with Crippen molar-refractivity contribution in [2.24, 2.45) is 11.1 Å². The van der Waals surface area contributed by atoms with Gasteiger partial charge in [0.05, 0.1) is 17.9 Å². The molecule has 0 bridgehead atoms. The molecule has 2 aromatic carbocycles. The standard InChI is InChI=1S/C47H60N10O5/c1-52-26-27-56(46(52)62)35-8-5-21-55(30-35)40-29-49-42(43(48)59)38(50-40)28-32-10-12-34(13-11-32)54-24-18-47(19-25-54)16-22-53(23-17-47)20-3-2-6-33-7-4-9-36-37(33)31-57(45(36)61)39-14-15-41(58)51-44(39)60/h4,7,9-13,29,35,39H,2-3,5-6,8,14-28,30-31H2,1H3,(H2,48,59)(H,51,58,60)/t35-,39?/m1/s1. The molecule has 6 amide bonds. The van der Waals surface area contributed by atoms with Gasteiger partial charge in [0, 0.05) is 77.0 Å². The number of likely N-dealkylation sites (tertiary alicyclic amines) is 1. The number of carbonyl (C=O) groups is 5. The highest BCUT2D eigenvalue weighted by molar-refractivity contribution is 6.05. The summed E-state index contributed by atoms with van der Waals surface area (Å²) in [5.74, 6) is -0.616. The maximum Gasteiger partial charge on any atom is 0.320 e. The Balaban J connectivity index is 0.728. The summed E-state index contributed by atoms with van der Waals surface area (Å²) in [4.78, 5) is 84.7. The number of primary amides is 1. The van der Waals surface area contributed by atoms with Crippen molar-refractivity contribution in [1.82, 2.24) is 34.9 Å². The molecular weight excluding hydrogens is 785 g/mol. The van der Waals surface area contributed by atoms with Gasteiger partial charge in [-0.1, -0.05) is 24.3 Å². The summed E-state index contributed by atoms with van der Waals surface area (Å²) in [6.07, 6.45) is 12.6. The first-order valence-corrected chi connectivity index (χ1v) is 22.8. The monoisotopic (exact) mass is 844 g/mol. The highest BCUT2D eigenvalue weighted by Gasteiger charge is 2.41. The summed E-state index contributed by atoms with van der Waals surface area (Å²) in [5.41, 5.74) is 12.1. The Hall–Kier alpha value is -5.57. The summed E-state index contributed by atoms with van der Waals surface area (Å²) >= 11 is 0. The lowest BCUT2D eigenvalue weighted by molar-refractivity contribution is -0.136. The van der Waals surface area contributed by atoms with Crippen LogP contribution in [0.5, 0.6) is 0 Å². The Morgan fingerprint density at radius 1 is 0.871 bits per heavy atom. The number of nitrogens with zero attached hydrogens (tertiary/aromatic N) is 8. The summed E-state index contributed by atoms with van der Waals surface area (Å²) in [6, 6.07) is 14.2. The number of carbonyl (C=O) groups excluding carboxylic acids is 5. The van der Waals surface area contributed by atoms with Crippen molar-refractivity contribution >= 4 is 41.2 Å². The molecule has 0 aliphatic carbocycles. The van der Waals surface area contributed by atoms with Crippen LogP contribution >= 0.6 is 0 Å². The second-order valence-electron chi connectivity index (χ2n) is 18.5. The summed E-state index contributed by atoms with van der Waals surface area (Å²) in [7, 11) is 1.85. The molecule has 1 aromatic heterocycles. The van der Waals surface area contributed by atoms with Gasteiger partial charge in [-0.15, -0.1) is 0 Å². The molecule has 62 heavy (non-hydrogen) atoms. The SMILES string of the molecule is CN1CCN([C@@H]2CCCN(c3cnc(C(N)=O)c(Cc4ccc(N5CCC6(CCN(CCCCc7cccc8c7CN(C7CCC(=O)NC7=O)C8=O)CC6)CC5)cc4)n3)C2)C1=O. The number of benzene rings is 2. The van der Waals surface area contributed by atoms with Crippen LogP contribution in [0.4, 0.5) is 16.3 Å². The van der Waals surface area contributed by atoms with Gasteiger partial charge in [0.1, 0.15) is 17.6 Å². The smallest absolute Gasteiger partial charge is 0.320 e. The van der Waals surface area contributed by atoms with E-state index in [0.717, 1.165) is 95.6 Å². The number of nitrogens with one attached hydrogen (secondary N) is 1. The lowest BCUT2D eigenvalue weighted by atomic mass is 9.71. The first kappa shape index (κ1) is 41.8. The van der Waals surface area contributed by atoms with Crippen LogP contribution in [-0.2, 0) is 29.0 Å². The number of hydrogen-bond donors (Lipinski definition) is 2. The van der Waals surface area contributed by atoms with Crippen LogP contribution in [0.2, 0.25) is 0 Å². The molecule has 9 rings (SSSR count). The number of urea groups is 1. The minimum absolute atomic E-state index is 0.0827. The zero-order valence-electron chi connectivity index (χ0n) is 36.0. The van der Waals surface area contributed by atoms with Gasteiger partial charge >= 0.3 is 6.03 Å². The number of aromatic nitrogens is 2. The second kappa shape index (κ2) is 17.7. The number of unbranched alkanes of at least 4 members (excludes halogenated alkanes) is 1. The highest BCUT2D eigenvalue weighted by Crippen LogP contribution is 2.42. The molecule has 15 heteroatoms. The Labute approximate surface area is 364 Å². The number of piperidine rings is 4. The fourth-order valence-electron chi connectivity index (χ4n) is 10.9. The van der Waals surface area contributed by atoms with E-state index in [-0.39, 0.29) is 41.9 Å². The van der Waals surface area contributed by atoms with Crippen molar-refractivity contribution in [2.45, 2.75) is 95.7 Å². The summed E-state index contributed by atoms with van der Waals surface area (Å²) in [6.45, 7) is 8.86. The van der Waals surface area contributed by atoms with E-state index in [2.05, 4.69) is 55.3 Å². The Kier molecular flexibility index (Phi) is 11.9. The van der Waals surface area contributed by atoms with Crippen LogP contribution in [0.15, 0.2) is 48.7 Å². The minimum atomic E-state index is -0.586. The summed E-state index contributed by atoms with van der Waals surface area (Å²) < 4.78 is 0. The van der Waals surface area contributed by atoms with Crippen molar-refractivity contribution in [3.63, 3.8) is 0 Å². The normalized spacial score (nSPS) is 23.1. The first-order valence-electron chi connectivity index (χ1n) is 22.8. The van der Waals surface area contributed by atoms with E-state index in [1.165, 1.54) is 36.9 Å². The van der Waals surface area contributed by atoms with Crippen molar-refractivity contribution < 1.29 is 24.0 Å². The lowest BCUT2D eigenvalue weighted by Crippen LogP contribution is -2.52. The van der Waals surface area contributed by atoms with Gasteiger partial charge in [0.2, 0.25) is 11.8 Å². The number of likely N-dealkylation sites (N-methyl/N-ethyl adjacent to an activating group) is 1. The molecule has 328 valence electrons. The molecule has 0 radical (unpaired) electrons. The van der Waals surface area contributed by atoms with E-state index in [4.69, 9.17) is 10.7 Å². The average molecular weight is 845 g/mol. The Morgan fingerprint density at radius 2 is 1.65 bits per heavy atom. The van der Waals surface area contributed by atoms with E-state index in [9.17, 15) is 24.0 Å². The van der Waals surface area contributed by atoms with E-state index in [1.807, 2.05) is 24.1 Å². The molecule has 6 aliphatic rings. The van der Waals surface area contributed by atoms with E-state index in [1.54, 1.807) is 16.0 Å². The molecule has 5 saturated heterocycles. The number of rotatable bonds is 12. The van der Waals surface area contributed by atoms with Crippen molar-refractivity contribution in [1.29, 1.82) is 0 Å². The van der Waals surface area contributed by atoms with Gasteiger partial charge in [-0.25, -0.2) is 14.8 Å². The fraction of sp³-hybridized carbons (Fsp3) is 0.553. The van der Waals surface area contributed by atoms with Gasteiger partial charge < -0.3 is 35.1 Å². The molecule has 1 unspecified atom stereocenters. The van der Waals surface area contributed by atoms with Crippen LogP contribution < -0.4 is 20.9 Å². The predicted octanol–water partition coefficient (Wildman–Crippen LogP) is 3.97. The zero-order chi connectivity index (χ0) is 43.0. The van der Waals surface area contributed by atoms with Gasteiger partial charge in [0.25, 0.3) is 11.8 Å². The molecule has 0 saturated carbocycles. The van der Waals surface area contributed by atoms with Crippen LogP contribution in [0.25, 0.3) is 0 Å². The van der Waals surface area contributed by atoms with Gasteiger partial charge in [-0.3, -0.25) is 24.5 Å². The quantitative estimate of drug-likeness (QED) is 0.201. The average Bonchev–Trinajstić information content (AvgIpc) is 3.80. The van der Waals surface area contributed by atoms with Gasteiger partial charge in [-0.05, 0) is 124 Å². The van der Waals surface area contributed by atoms with Crippen molar-refractivity contribution in [2.75, 3.05) is 75.8 Å². The van der Waals surface area contributed by atoms with Crippen molar-refractivity contribution in [3.05, 3.63) is 82.3 Å². The summed E-state index contributed by atoms with van der Waals surface area (Å²) in [5, 5.41) is 2.40. The molecule has 6 aliphatic heterocycles. The Bertz CT molecular complexity index is 2200. The van der Waals surface area contributed by atoms with Crippen molar-refractivity contribution in [3.8, 4) is 0 Å². The third-order valence-corrected chi connectivity index (χ3v) is 14.7. The zero-order valence-corrected chi connectivity index (χ0v) is 36.0. The first-order chi connectivity index (χ1) is 30.0. The molecule has 15 nitrogen and oxygen atoms in total. The number of anilines is 2. The van der Waals surface area contributed by atoms with Crippen LogP contribution in [-0.4, -0.2) is 137 Å². The molecule has 3 aromatic rings. The number of aryl methyl sites for hydroxylation is 1. The van der Waals surface area contributed by atoms with E-state index >= 15 is 0 Å². The predicted molar refractivity (Wildman–Crippen MR) is 235 cm³/mol. The minimum Gasteiger partial charge on any atom is -0.371 e.